The predicted molar refractivity (Wildman–Crippen MR) is 132 cm³/mol. The molecule has 0 aliphatic heterocycles. The average Bonchev–Trinajstić information content (AvgIpc) is 2.79. The van der Waals surface area contributed by atoms with Gasteiger partial charge in [-0.2, -0.15) is 4.72 Å². The van der Waals surface area contributed by atoms with E-state index in [1.54, 1.807) is 31.2 Å². The number of carbonyl (C=O) groups excluding carboxylic acids is 1. The molecule has 1 atom stereocenters. The van der Waals surface area contributed by atoms with Gasteiger partial charge in [0.05, 0.1) is 4.90 Å². The maximum atomic E-state index is 13.1. The fourth-order valence-electron chi connectivity index (χ4n) is 3.78. The Kier molecular flexibility index (Phi) is 8.28. The zero-order valence-electron chi connectivity index (χ0n) is 20.0. The highest BCUT2D eigenvalue weighted by molar-refractivity contribution is 7.89. The highest BCUT2D eigenvalue weighted by Gasteiger charge is 2.28. The molecule has 0 aliphatic carbocycles. The lowest BCUT2D eigenvalue weighted by Crippen LogP contribution is -2.43. The minimum absolute atomic E-state index is 0.0829. The molecule has 1 heterocycles. The molecule has 0 saturated heterocycles. The molecular formula is C26H31NO6S. The van der Waals surface area contributed by atoms with Crippen LogP contribution in [0.4, 0.5) is 0 Å². The minimum atomic E-state index is -3.92. The standard InChI is InChI=1S/C26H31NO6S/c1-5-7-9-22(27-34(30,31)20-12-10-17(3)11-13-20)26(29)32-23-15-14-21-19(8-6-2)16-24(28)33-25(21)18(23)4/h10-16,22,27H,5-9H2,1-4H3. The van der Waals surface area contributed by atoms with E-state index in [4.69, 9.17) is 9.15 Å². The van der Waals surface area contributed by atoms with E-state index < -0.39 is 27.7 Å². The molecule has 7 nitrogen and oxygen atoms in total. The number of unbranched alkanes of at least 4 members (excludes halogenated alkanes) is 1. The summed E-state index contributed by atoms with van der Waals surface area (Å²) in [5.74, 6) is -0.482. The van der Waals surface area contributed by atoms with E-state index in [9.17, 15) is 18.0 Å². The number of nitrogens with one attached hydrogen (secondary N) is 1. The van der Waals surface area contributed by atoms with Crippen LogP contribution in [0, 0.1) is 13.8 Å². The molecule has 0 aliphatic rings. The third-order valence-corrected chi connectivity index (χ3v) is 7.17. The van der Waals surface area contributed by atoms with Crippen LogP contribution >= 0.6 is 0 Å². The molecular weight excluding hydrogens is 454 g/mol. The van der Waals surface area contributed by atoms with E-state index in [2.05, 4.69) is 4.72 Å². The van der Waals surface area contributed by atoms with Gasteiger partial charge in [0.2, 0.25) is 10.0 Å². The summed E-state index contributed by atoms with van der Waals surface area (Å²) < 4.78 is 39.3. The number of sulfonamides is 1. The molecule has 0 spiro atoms. The number of rotatable bonds is 10. The normalized spacial score (nSPS) is 12.6. The number of hydrogen-bond acceptors (Lipinski definition) is 6. The van der Waals surface area contributed by atoms with E-state index in [0.717, 1.165) is 35.8 Å². The Morgan fingerprint density at radius 1 is 1.06 bits per heavy atom. The van der Waals surface area contributed by atoms with Gasteiger partial charge in [0.1, 0.15) is 17.4 Å². The van der Waals surface area contributed by atoms with Gasteiger partial charge in [-0.05, 0) is 56.5 Å². The molecule has 1 N–H and O–H groups in total. The van der Waals surface area contributed by atoms with Crippen molar-refractivity contribution in [2.24, 2.45) is 0 Å². The van der Waals surface area contributed by atoms with Crippen LogP contribution in [0.5, 0.6) is 5.75 Å². The second-order valence-electron chi connectivity index (χ2n) is 8.46. The molecule has 3 rings (SSSR count). The van der Waals surface area contributed by atoms with Gasteiger partial charge in [-0.1, -0.05) is 50.8 Å². The van der Waals surface area contributed by atoms with Crippen LogP contribution in [-0.2, 0) is 21.2 Å². The lowest BCUT2D eigenvalue weighted by molar-refractivity contribution is -0.136. The number of ether oxygens (including phenoxy) is 1. The molecule has 3 aromatic rings. The summed E-state index contributed by atoms with van der Waals surface area (Å²) in [5, 5.41) is 0.793. The number of aryl methyl sites for hydroxylation is 3. The summed E-state index contributed by atoms with van der Waals surface area (Å²) in [4.78, 5) is 25.2. The van der Waals surface area contributed by atoms with Gasteiger partial charge in [0, 0.05) is 17.0 Å². The fourth-order valence-corrected chi connectivity index (χ4v) is 5.00. The molecule has 0 amide bonds. The first-order valence-corrected chi connectivity index (χ1v) is 13.0. The molecule has 182 valence electrons. The lowest BCUT2D eigenvalue weighted by Gasteiger charge is -2.18. The van der Waals surface area contributed by atoms with Crippen molar-refractivity contribution in [2.45, 2.75) is 70.7 Å². The van der Waals surface area contributed by atoms with E-state index in [1.807, 2.05) is 20.8 Å². The monoisotopic (exact) mass is 485 g/mol. The zero-order valence-corrected chi connectivity index (χ0v) is 20.8. The van der Waals surface area contributed by atoms with Gasteiger partial charge in [0.25, 0.3) is 0 Å². The molecule has 1 aromatic heterocycles. The first-order chi connectivity index (χ1) is 16.2. The SMILES string of the molecule is CCCCC(NS(=O)(=O)c1ccc(C)cc1)C(=O)Oc1ccc2c(CCC)cc(=O)oc2c1C. The van der Waals surface area contributed by atoms with Gasteiger partial charge < -0.3 is 9.15 Å². The smallest absolute Gasteiger partial charge is 0.336 e. The highest BCUT2D eigenvalue weighted by atomic mass is 32.2. The van der Waals surface area contributed by atoms with Crippen molar-refractivity contribution in [1.82, 2.24) is 4.72 Å². The Hall–Kier alpha value is -2.97. The summed E-state index contributed by atoms with van der Waals surface area (Å²) >= 11 is 0. The van der Waals surface area contributed by atoms with Crippen molar-refractivity contribution < 1.29 is 22.4 Å². The van der Waals surface area contributed by atoms with Gasteiger partial charge in [0.15, 0.2) is 0 Å². The van der Waals surface area contributed by atoms with E-state index in [-0.39, 0.29) is 10.6 Å². The van der Waals surface area contributed by atoms with E-state index >= 15 is 0 Å². The van der Waals surface area contributed by atoms with Crippen molar-refractivity contribution in [3.05, 3.63) is 69.6 Å². The summed E-state index contributed by atoms with van der Waals surface area (Å²) in [6, 6.07) is 10.3. The first kappa shape index (κ1) is 25.6. The van der Waals surface area contributed by atoms with Crippen LogP contribution in [0.1, 0.15) is 56.2 Å². The van der Waals surface area contributed by atoms with Crippen molar-refractivity contribution in [2.75, 3.05) is 0 Å². The number of benzene rings is 2. The Morgan fingerprint density at radius 3 is 2.41 bits per heavy atom. The van der Waals surface area contributed by atoms with Gasteiger partial charge >= 0.3 is 11.6 Å². The molecule has 0 saturated carbocycles. The maximum absolute atomic E-state index is 13.1. The lowest BCUT2D eigenvalue weighted by atomic mass is 10.0. The summed E-state index contributed by atoms with van der Waals surface area (Å²) in [7, 11) is -3.92. The van der Waals surface area contributed by atoms with Gasteiger partial charge in [-0.3, -0.25) is 0 Å². The number of fused-ring (bicyclic) bond motifs is 1. The Bertz CT molecular complexity index is 1330. The molecule has 0 fully saturated rings. The number of hydrogen-bond donors (Lipinski definition) is 1. The Balaban J connectivity index is 1.90. The largest absolute Gasteiger partial charge is 0.425 e. The van der Waals surface area contributed by atoms with Crippen molar-refractivity contribution in [3.63, 3.8) is 0 Å². The van der Waals surface area contributed by atoms with Crippen molar-refractivity contribution in [1.29, 1.82) is 0 Å². The molecule has 0 radical (unpaired) electrons. The van der Waals surface area contributed by atoms with Crippen molar-refractivity contribution in [3.8, 4) is 5.75 Å². The Labute approximate surface area is 200 Å². The second kappa shape index (κ2) is 11.0. The van der Waals surface area contributed by atoms with Gasteiger partial charge in [-0.15, -0.1) is 0 Å². The summed E-state index contributed by atoms with van der Waals surface area (Å²) in [5.41, 5.74) is 2.22. The predicted octanol–water partition coefficient (Wildman–Crippen LogP) is 4.81. The molecule has 0 bridgehead atoms. The van der Waals surface area contributed by atoms with Crippen LogP contribution in [0.2, 0.25) is 0 Å². The zero-order chi connectivity index (χ0) is 24.9. The van der Waals surface area contributed by atoms with E-state index in [1.165, 1.54) is 18.2 Å². The first-order valence-electron chi connectivity index (χ1n) is 11.5. The van der Waals surface area contributed by atoms with Gasteiger partial charge in [-0.25, -0.2) is 18.0 Å². The third-order valence-electron chi connectivity index (χ3n) is 5.69. The second-order valence-corrected chi connectivity index (χ2v) is 10.2. The Morgan fingerprint density at radius 2 is 1.76 bits per heavy atom. The molecule has 34 heavy (non-hydrogen) atoms. The van der Waals surface area contributed by atoms with Crippen LogP contribution in [-0.4, -0.2) is 20.4 Å². The van der Waals surface area contributed by atoms with Crippen molar-refractivity contribution >= 4 is 27.0 Å². The number of carbonyl (C=O) groups is 1. The maximum Gasteiger partial charge on any atom is 0.336 e. The molecule has 1 unspecified atom stereocenters. The molecule has 2 aromatic carbocycles. The van der Waals surface area contributed by atoms with E-state index in [0.29, 0.717) is 24.0 Å². The molecule has 8 heteroatoms. The average molecular weight is 486 g/mol. The number of esters is 1. The topological polar surface area (TPSA) is 103 Å². The van der Waals surface area contributed by atoms with Crippen LogP contribution in [0.15, 0.2) is 56.6 Å². The fraction of sp³-hybridized carbons (Fsp3) is 0.385. The quantitative estimate of drug-likeness (QED) is 0.251. The van der Waals surface area contributed by atoms with Crippen LogP contribution in [0.3, 0.4) is 0 Å². The van der Waals surface area contributed by atoms with Crippen LogP contribution in [0.25, 0.3) is 11.0 Å². The third kappa shape index (κ3) is 5.93. The summed E-state index contributed by atoms with van der Waals surface area (Å²) in [6.45, 7) is 7.56. The van der Waals surface area contributed by atoms with Crippen LogP contribution < -0.4 is 15.1 Å². The minimum Gasteiger partial charge on any atom is -0.425 e. The highest BCUT2D eigenvalue weighted by Crippen LogP contribution is 2.29. The summed E-state index contributed by atoms with van der Waals surface area (Å²) in [6.07, 6.45) is 3.32.